The summed E-state index contributed by atoms with van der Waals surface area (Å²) in [6.45, 7) is 3.87. The number of halogens is 1. The molecule has 1 atom stereocenters. The largest absolute Gasteiger partial charge is 0.298 e. The van der Waals surface area contributed by atoms with Gasteiger partial charge in [0.15, 0.2) is 0 Å². The van der Waals surface area contributed by atoms with Crippen LogP contribution < -0.4 is 0 Å². The molecule has 3 heteroatoms. The van der Waals surface area contributed by atoms with Gasteiger partial charge in [-0.25, -0.2) is 0 Å². The van der Waals surface area contributed by atoms with E-state index in [1.165, 1.54) is 5.56 Å². The fourth-order valence-corrected chi connectivity index (χ4v) is 2.30. The molecule has 1 aromatic carbocycles. The highest BCUT2D eigenvalue weighted by Gasteiger charge is 2.10. The molecule has 0 spiro atoms. The summed E-state index contributed by atoms with van der Waals surface area (Å²) in [5.41, 5.74) is 1.21. The van der Waals surface area contributed by atoms with Gasteiger partial charge in [-0.15, -0.1) is 11.8 Å². The van der Waals surface area contributed by atoms with Gasteiger partial charge in [-0.1, -0.05) is 30.7 Å². The number of rotatable bonds is 5. The van der Waals surface area contributed by atoms with E-state index in [0.29, 0.717) is 12.2 Å². The Morgan fingerprint density at radius 1 is 1.40 bits per heavy atom. The Bertz CT molecular complexity index is 321. The Morgan fingerprint density at radius 2 is 2.00 bits per heavy atom. The van der Waals surface area contributed by atoms with Crippen LogP contribution in [0, 0.1) is 0 Å². The SMILES string of the molecule is CCC(=O)C(C)SCc1ccc(Cl)cc1. The highest BCUT2D eigenvalue weighted by Crippen LogP contribution is 2.20. The van der Waals surface area contributed by atoms with Crippen molar-refractivity contribution in [1.29, 1.82) is 0 Å². The first kappa shape index (κ1) is 12.6. The van der Waals surface area contributed by atoms with Crippen LogP contribution in [0.5, 0.6) is 0 Å². The molecule has 82 valence electrons. The number of benzene rings is 1. The van der Waals surface area contributed by atoms with Crippen LogP contribution in [0.1, 0.15) is 25.8 Å². The number of hydrogen-bond acceptors (Lipinski definition) is 2. The molecule has 0 aliphatic rings. The summed E-state index contributed by atoms with van der Waals surface area (Å²) in [4.78, 5) is 11.3. The predicted octanol–water partition coefficient (Wildman–Crippen LogP) is 3.94. The third-order valence-corrected chi connectivity index (χ3v) is 3.73. The van der Waals surface area contributed by atoms with E-state index >= 15 is 0 Å². The molecule has 1 nitrogen and oxygen atoms in total. The molecule has 0 amide bonds. The maximum Gasteiger partial charge on any atom is 0.145 e. The topological polar surface area (TPSA) is 17.1 Å². The monoisotopic (exact) mass is 242 g/mol. The lowest BCUT2D eigenvalue weighted by Gasteiger charge is -2.08. The van der Waals surface area contributed by atoms with Crippen molar-refractivity contribution in [3.63, 3.8) is 0 Å². The van der Waals surface area contributed by atoms with Gasteiger partial charge in [-0.05, 0) is 24.6 Å². The average Bonchev–Trinajstić information content (AvgIpc) is 2.26. The van der Waals surface area contributed by atoms with E-state index in [9.17, 15) is 4.79 Å². The number of thioether (sulfide) groups is 1. The smallest absolute Gasteiger partial charge is 0.145 e. The van der Waals surface area contributed by atoms with Crippen LogP contribution >= 0.6 is 23.4 Å². The molecular formula is C12H15ClOS. The first-order chi connectivity index (χ1) is 7.13. The number of ketones is 1. The van der Waals surface area contributed by atoms with Gasteiger partial charge in [0.1, 0.15) is 5.78 Å². The van der Waals surface area contributed by atoms with E-state index in [4.69, 9.17) is 11.6 Å². The van der Waals surface area contributed by atoms with Crippen molar-refractivity contribution in [1.82, 2.24) is 0 Å². The maximum atomic E-state index is 11.3. The second-order valence-electron chi connectivity index (χ2n) is 3.40. The fraction of sp³-hybridized carbons (Fsp3) is 0.417. The van der Waals surface area contributed by atoms with Crippen molar-refractivity contribution in [2.45, 2.75) is 31.3 Å². The van der Waals surface area contributed by atoms with E-state index in [-0.39, 0.29) is 5.25 Å². The maximum absolute atomic E-state index is 11.3. The van der Waals surface area contributed by atoms with Crippen molar-refractivity contribution >= 4 is 29.1 Å². The minimum Gasteiger partial charge on any atom is -0.298 e. The standard InChI is InChI=1S/C12H15ClOS/c1-3-12(14)9(2)15-8-10-4-6-11(13)7-5-10/h4-7,9H,3,8H2,1-2H3. The molecule has 0 radical (unpaired) electrons. The zero-order valence-electron chi connectivity index (χ0n) is 9.00. The lowest BCUT2D eigenvalue weighted by Crippen LogP contribution is -2.11. The third-order valence-electron chi connectivity index (χ3n) is 2.22. The van der Waals surface area contributed by atoms with Gasteiger partial charge >= 0.3 is 0 Å². The first-order valence-electron chi connectivity index (χ1n) is 5.02. The summed E-state index contributed by atoms with van der Waals surface area (Å²) >= 11 is 7.46. The zero-order valence-corrected chi connectivity index (χ0v) is 10.6. The van der Waals surface area contributed by atoms with Crippen LogP contribution in [0.15, 0.2) is 24.3 Å². The van der Waals surface area contributed by atoms with Crippen LogP contribution in [0.25, 0.3) is 0 Å². The van der Waals surface area contributed by atoms with E-state index in [2.05, 4.69) is 0 Å². The number of carbonyl (C=O) groups is 1. The van der Waals surface area contributed by atoms with Crippen molar-refractivity contribution in [2.75, 3.05) is 0 Å². The molecule has 0 aliphatic heterocycles. The summed E-state index contributed by atoms with van der Waals surface area (Å²) in [5.74, 6) is 1.18. The molecule has 0 saturated carbocycles. The van der Waals surface area contributed by atoms with Gasteiger partial charge in [0.25, 0.3) is 0 Å². The normalized spacial score (nSPS) is 12.5. The van der Waals surface area contributed by atoms with Gasteiger partial charge in [-0.2, -0.15) is 0 Å². The van der Waals surface area contributed by atoms with Crippen LogP contribution in [-0.4, -0.2) is 11.0 Å². The molecule has 1 rings (SSSR count). The first-order valence-corrected chi connectivity index (χ1v) is 6.45. The average molecular weight is 243 g/mol. The van der Waals surface area contributed by atoms with Gasteiger partial charge in [0.2, 0.25) is 0 Å². The van der Waals surface area contributed by atoms with Gasteiger partial charge in [-0.3, -0.25) is 4.79 Å². The molecule has 1 aromatic rings. The number of carbonyl (C=O) groups excluding carboxylic acids is 1. The molecule has 0 bridgehead atoms. The Morgan fingerprint density at radius 3 is 2.53 bits per heavy atom. The van der Waals surface area contributed by atoms with Crippen LogP contribution in [0.3, 0.4) is 0 Å². The molecule has 1 unspecified atom stereocenters. The zero-order chi connectivity index (χ0) is 11.3. The summed E-state index contributed by atoms with van der Waals surface area (Å²) < 4.78 is 0. The molecule has 0 heterocycles. The fourth-order valence-electron chi connectivity index (χ4n) is 1.18. The lowest BCUT2D eigenvalue weighted by atomic mass is 10.2. The molecule has 0 fully saturated rings. The highest BCUT2D eigenvalue weighted by molar-refractivity contribution is 7.99. The van der Waals surface area contributed by atoms with E-state index in [1.54, 1.807) is 11.8 Å². The van der Waals surface area contributed by atoms with Crippen molar-refractivity contribution < 1.29 is 4.79 Å². The molecule has 0 N–H and O–H groups in total. The highest BCUT2D eigenvalue weighted by atomic mass is 35.5. The van der Waals surface area contributed by atoms with Crippen LogP contribution in [0.4, 0.5) is 0 Å². The lowest BCUT2D eigenvalue weighted by molar-refractivity contribution is -0.117. The second-order valence-corrected chi connectivity index (χ2v) is 5.17. The van der Waals surface area contributed by atoms with Gasteiger partial charge in [0.05, 0.1) is 5.25 Å². The molecule has 0 saturated heterocycles. The molecular weight excluding hydrogens is 228 g/mol. The minimum atomic E-state index is 0.0886. The number of hydrogen-bond donors (Lipinski definition) is 0. The Labute approximate surface area is 100 Å². The summed E-state index contributed by atoms with van der Waals surface area (Å²) in [6, 6.07) is 7.75. The third kappa shape index (κ3) is 4.27. The van der Waals surface area contributed by atoms with E-state index < -0.39 is 0 Å². The van der Waals surface area contributed by atoms with Crippen molar-refractivity contribution in [3.8, 4) is 0 Å². The molecule has 15 heavy (non-hydrogen) atoms. The quantitative estimate of drug-likeness (QED) is 0.778. The minimum absolute atomic E-state index is 0.0886. The van der Waals surface area contributed by atoms with Gasteiger partial charge in [0, 0.05) is 17.2 Å². The Hall–Kier alpha value is -0.470. The molecule has 0 aromatic heterocycles. The van der Waals surface area contributed by atoms with Crippen molar-refractivity contribution in [2.24, 2.45) is 0 Å². The molecule has 0 aliphatic carbocycles. The van der Waals surface area contributed by atoms with Crippen LogP contribution in [-0.2, 0) is 10.5 Å². The van der Waals surface area contributed by atoms with E-state index in [1.807, 2.05) is 38.1 Å². The van der Waals surface area contributed by atoms with Gasteiger partial charge < -0.3 is 0 Å². The Kier molecular flexibility index (Phi) is 5.20. The predicted molar refractivity (Wildman–Crippen MR) is 67.5 cm³/mol. The van der Waals surface area contributed by atoms with Crippen LogP contribution in [0.2, 0.25) is 5.02 Å². The summed E-state index contributed by atoms with van der Waals surface area (Å²) in [6.07, 6.45) is 0.620. The number of Topliss-reactive ketones (excluding diaryl/α,β-unsaturated/α-hetero) is 1. The summed E-state index contributed by atoms with van der Waals surface area (Å²) in [7, 11) is 0. The Balaban J connectivity index is 2.43. The van der Waals surface area contributed by atoms with E-state index in [0.717, 1.165) is 10.8 Å². The second kappa shape index (κ2) is 6.19. The summed E-state index contributed by atoms with van der Waals surface area (Å²) in [5, 5.41) is 0.840. The van der Waals surface area contributed by atoms with Crippen molar-refractivity contribution in [3.05, 3.63) is 34.9 Å².